The van der Waals surface area contributed by atoms with Gasteiger partial charge in [0.05, 0.1) is 0 Å². The van der Waals surface area contributed by atoms with Gasteiger partial charge in [-0.05, 0) is 20.8 Å². The van der Waals surface area contributed by atoms with E-state index in [1.54, 1.807) is 20.8 Å². The minimum atomic E-state index is -1.35. The van der Waals surface area contributed by atoms with Crippen molar-refractivity contribution in [3.8, 4) is 0 Å². The second-order valence-corrected chi connectivity index (χ2v) is 5.76. The van der Waals surface area contributed by atoms with Crippen LogP contribution in [0.4, 0.5) is 15.4 Å². The van der Waals surface area contributed by atoms with Gasteiger partial charge in [-0.25, -0.2) is 9.59 Å². The molecule has 1 aromatic rings. The summed E-state index contributed by atoms with van der Waals surface area (Å²) in [6.45, 7) is 5.01. The molecular formula is C12H16N4O6. The van der Waals surface area contributed by atoms with E-state index in [9.17, 15) is 19.6 Å². The molecule has 1 aromatic heterocycles. The Morgan fingerprint density at radius 2 is 2.09 bits per heavy atom. The molecule has 2 heterocycles. The number of anilines is 1. The number of hydrogen-bond donors (Lipinski definition) is 3. The minimum Gasteiger partial charge on any atom is -0.463 e. The van der Waals surface area contributed by atoms with Crippen molar-refractivity contribution in [2.24, 2.45) is 0 Å². The number of alkyl carbamates (subject to hydrolysis) is 1. The number of amides is 2. The molecule has 10 nitrogen and oxygen atoms in total. The molecule has 0 radical (unpaired) electrons. The predicted octanol–water partition coefficient (Wildman–Crippen LogP) is 0.581. The highest BCUT2D eigenvalue weighted by molar-refractivity contribution is 5.99. The lowest BCUT2D eigenvalue weighted by Crippen LogP contribution is -2.52. The lowest BCUT2D eigenvalue weighted by Gasteiger charge is -2.28. The van der Waals surface area contributed by atoms with E-state index >= 15 is 0 Å². The molecule has 120 valence electrons. The average molecular weight is 312 g/mol. The Hall–Kier alpha value is -2.62. The van der Waals surface area contributed by atoms with E-state index < -0.39 is 29.7 Å². The summed E-state index contributed by atoms with van der Waals surface area (Å²) in [4.78, 5) is 34.5. The molecule has 0 bridgehead atoms. The molecule has 0 saturated heterocycles. The van der Waals surface area contributed by atoms with Crippen molar-refractivity contribution in [1.82, 2.24) is 15.1 Å². The second-order valence-electron chi connectivity index (χ2n) is 5.76. The van der Waals surface area contributed by atoms with Crippen molar-refractivity contribution in [1.29, 1.82) is 0 Å². The Morgan fingerprint density at radius 1 is 1.45 bits per heavy atom. The molecule has 1 aliphatic heterocycles. The van der Waals surface area contributed by atoms with Gasteiger partial charge >= 0.3 is 12.2 Å². The van der Waals surface area contributed by atoms with E-state index in [2.05, 4.69) is 10.4 Å². The molecule has 1 atom stereocenters. The Kier molecular flexibility index (Phi) is 3.79. The fourth-order valence-electron chi connectivity index (χ4n) is 1.94. The van der Waals surface area contributed by atoms with Gasteiger partial charge in [-0.3, -0.25) is 10.0 Å². The fourth-order valence-corrected chi connectivity index (χ4v) is 1.94. The maximum atomic E-state index is 12.0. The number of hydroxylamine groups is 1. The summed E-state index contributed by atoms with van der Waals surface area (Å²) < 4.78 is 5.62. The van der Waals surface area contributed by atoms with Crippen LogP contribution in [-0.2, 0) is 16.0 Å². The van der Waals surface area contributed by atoms with E-state index in [1.165, 1.54) is 0 Å². The summed E-state index contributed by atoms with van der Waals surface area (Å²) >= 11 is 0. The van der Waals surface area contributed by atoms with Gasteiger partial charge in [-0.15, -0.1) is 5.10 Å². The first-order chi connectivity index (χ1) is 10.1. The lowest BCUT2D eigenvalue weighted by molar-refractivity contribution is -0.126. The zero-order valence-corrected chi connectivity index (χ0v) is 12.2. The average Bonchev–Trinajstić information content (AvgIpc) is 2.77. The number of aromatic nitrogens is 2. The maximum Gasteiger partial charge on any atom is 0.432 e. The quantitative estimate of drug-likeness (QED) is 0.646. The third-order valence-electron chi connectivity index (χ3n) is 2.79. The largest absolute Gasteiger partial charge is 0.463 e. The summed E-state index contributed by atoms with van der Waals surface area (Å²) in [5.41, 5.74) is -0.425. The van der Waals surface area contributed by atoms with Crippen molar-refractivity contribution in [2.45, 2.75) is 38.8 Å². The molecule has 0 aromatic carbocycles. The van der Waals surface area contributed by atoms with Gasteiger partial charge in [0.15, 0.2) is 5.82 Å². The van der Waals surface area contributed by atoms with E-state index in [4.69, 9.17) is 9.84 Å². The smallest absolute Gasteiger partial charge is 0.432 e. The van der Waals surface area contributed by atoms with E-state index in [-0.39, 0.29) is 17.3 Å². The first kappa shape index (κ1) is 15.8. The topological polar surface area (TPSA) is 134 Å². The summed E-state index contributed by atoms with van der Waals surface area (Å²) in [6, 6.07) is -1.07. The van der Waals surface area contributed by atoms with Gasteiger partial charge in [0.25, 0.3) is 5.91 Å². The van der Waals surface area contributed by atoms with Gasteiger partial charge in [0, 0.05) is 18.2 Å². The molecule has 2 amide bonds. The number of rotatable bonds is 1. The van der Waals surface area contributed by atoms with Crippen LogP contribution >= 0.6 is 0 Å². The second kappa shape index (κ2) is 5.30. The molecule has 0 unspecified atom stereocenters. The first-order valence-electron chi connectivity index (χ1n) is 6.42. The zero-order chi connectivity index (χ0) is 16.7. The molecule has 10 heteroatoms. The number of nitrogens with one attached hydrogen (secondary N) is 1. The summed E-state index contributed by atoms with van der Waals surface area (Å²) in [7, 11) is 0. The molecule has 0 spiro atoms. The highest BCUT2D eigenvalue weighted by atomic mass is 16.6. The maximum absolute atomic E-state index is 12.0. The SMILES string of the molecule is CC(C)(C)OC(=O)N[C@H]1Cc2cn(C(=O)O)nc2N(O)C1=O. The van der Waals surface area contributed by atoms with Crippen LogP contribution < -0.4 is 10.4 Å². The summed E-state index contributed by atoms with van der Waals surface area (Å²) in [5, 5.41) is 24.8. The van der Waals surface area contributed by atoms with Crippen molar-refractivity contribution in [3.05, 3.63) is 11.8 Å². The van der Waals surface area contributed by atoms with Crippen LogP contribution in [0, 0.1) is 0 Å². The molecule has 3 N–H and O–H groups in total. The lowest BCUT2D eigenvalue weighted by atomic mass is 10.0. The van der Waals surface area contributed by atoms with Crippen molar-refractivity contribution < 1.29 is 29.4 Å². The Labute approximate surface area is 125 Å². The standard InChI is InChI=1S/C12H16N4O6/c1-12(2,3)22-10(18)13-7-4-6-5-15(11(19)20)14-8(6)16(21)9(7)17/h5,7,21H,4H2,1-3H3,(H,13,18)(H,19,20)/t7-/m0/s1. The normalized spacial score (nSPS) is 17.9. The number of fused-ring (bicyclic) bond motifs is 1. The van der Waals surface area contributed by atoms with Crippen LogP contribution in [0.3, 0.4) is 0 Å². The summed E-state index contributed by atoms with van der Waals surface area (Å²) in [5.74, 6) is -0.997. The van der Waals surface area contributed by atoms with E-state index in [0.717, 1.165) is 6.20 Å². The Morgan fingerprint density at radius 3 is 2.64 bits per heavy atom. The predicted molar refractivity (Wildman–Crippen MR) is 71.8 cm³/mol. The molecule has 0 saturated carbocycles. The number of carboxylic acid groups (broad SMARTS) is 1. The zero-order valence-electron chi connectivity index (χ0n) is 12.2. The van der Waals surface area contributed by atoms with Crippen LogP contribution in [0.2, 0.25) is 0 Å². The molecule has 0 fully saturated rings. The van der Waals surface area contributed by atoms with Gasteiger partial charge in [-0.1, -0.05) is 0 Å². The van der Waals surface area contributed by atoms with Gasteiger partial charge < -0.3 is 15.2 Å². The Bertz CT molecular complexity index is 632. The number of nitrogens with zero attached hydrogens (tertiary/aromatic N) is 3. The molecule has 2 rings (SSSR count). The number of carbonyl (C=O) groups is 3. The number of carbonyl (C=O) groups excluding carboxylic acids is 2. The van der Waals surface area contributed by atoms with E-state index in [1.807, 2.05) is 0 Å². The van der Waals surface area contributed by atoms with Gasteiger partial charge in [0.1, 0.15) is 11.6 Å². The fraction of sp³-hybridized carbons (Fsp3) is 0.500. The van der Waals surface area contributed by atoms with Crippen LogP contribution in [-0.4, -0.2) is 49.8 Å². The molecular weight excluding hydrogens is 296 g/mol. The highest BCUT2D eigenvalue weighted by Crippen LogP contribution is 2.25. The minimum absolute atomic E-state index is 0.00223. The van der Waals surface area contributed by atoms with Gasteiger partial charge in [-0.2, -0.15) is 9.75 Å². The number of hydrogen-bond acceptors (Lipinski definition) is 6. The molecule has 1 aliphatic rings. The molecule has 0 aliphatic carbocycles. The van der Waals surface area contributed by atoms with Crippen LogP contribution in [0.5, 0.6) is 0 Å². The van der Waals surface area contributed by atoms with Crippen molar-refractivity contribution in [3.63, 3.8) is 0 Å². The van der Waals surface area contributed by atoms with Crippen molar-refractivity contribution >= 4 is 23.9 Å². The molecule has 22 heavy (non-hydrogen) atoms. The van der Waals surface area contributed by atoms with Crippen LogP contribution in [0.25, 0.3) is 0 Å². The van der Waals surface area contributed by atoms with Crippen LogP contribution in [0.1, 0.15) is 26.3 Å². The van der Waals surface area contributed by atoms with E-state index in [0.29, 0.717) is 10.2 Å². The third-order valence-corrected chi connectivity index (χ3v) is 2.79. The first-order valence-corrected chi connectivity index (χ1v) is 6.42. The highest BCUT2D eigenvalue weighted by Gasteiger charge is 2.37. The summed E-state index contributed by atoms with van der Waals surface area (Å²) in [6.07, 6.45) is -1.00. The van der Waals surface area contributed by atoms with Crippen molar-refractivity contribution in [2.75, 3.05) is 5.06 Å². The third kappa shape index (κ3) is 3.17. The number of ether oxygens (including phenoxy) is 1. The monoisotopic (exact) mass is 312 g/mol. The van der Waals surface area contributed by atoms with Crippen LogP contribution in [0.15, 0.2) is 6.20 Å². The Balaban J connectivity index is 2.17. The van der Waals surface area contributed by atoms with Gasteiger partial charge in [0.2, 0.25) is 0 Å².